The number of carbonyl (C=O) groups is 2. The van der Waals surface area contributed by atoms with Gasteiger partial charge in [0.05, 0.1) is 11.7 Å². The van der Waals surface area contributed by atoms with E-state index >= 15 is 0 Å². The molecule has 126 valence electrons. The van der Waals surface area contributed by atoms with E-state index in [2.05, 4.69) is 42.3 Å². The largest absolute Gasteiger partial charge is 0.345 e. The van der Waals surface area contributed by atoms with Crippen molar-refractivity contribution in [3.63, 3.8) is 0 Å². The van der Waals surface area contributed by atoms with Crippen LogP contribution < -0.4 is 5.32 Å². The summed E-state index contributed by atoms with van der Waals surface area (Å²) in [6.45, 7) is 8.70. The number of aromatic nitrogens is 1. The van der Waals surface area contributed by atoms with E-state index in [0.717, 1.165) is 21.8 Å². The fourth-order valence-corrected chi connectivity index (χ4v) is 3.91. The zero-order valence-electron chi connectivity index (χ0n) is 14.3. The normalized spacial score (nSPS) is 14.4. The highest BCUT2D eigenvalue weighted by Crippen LogP contribution is 2.30. The molecule has 0 atom stereocenters. The Hall–Kier alpha value is -2.21. The van der Waals surface area contributed by atoms with Gasteiger partial charge in [-0.3, -0.25) is 9.59 Å². The summed E-state index contributed by atoms with van der Waals surface area (Å²) in [5.41, 5.74) is 4.18. The van der Waals surface area contributed by atoms with Crippen LogP contribution in [0.2, 0.25) is 0 Å². The van der Waals surface area contributed by atoms with Crippen LogP contribution in [0, 0.1) is 20.8 Å². The minimum atomic E-state index is -0.103. The van der Waals surface area contributed by atoms with Gasteiger partial charge in [0.25, 0.3) is 5.91 Å². The molecule has 0 aliphatic carbocycles. The third kappa shape index (κ3) is 3.19. The highest BCUT2D eigenvalue weighted by Gasteiger charge is 2.30. The van der Waals surface area contributed by atoms with Crippen LogP contribution in [0.25, 0.3) is 10.6 Å². The molecule has 1 fully saturated rings. The predicted octanol–water partition coefficient (Wildman–Crippen LogP) is 2.70. The molecule has 24 heavy (non-hydrogen) atoms. The van der Waals surface area contributed by atoms with Crippen molar-refractivity contribution in [3.8, 4) is 10.6 Å². The molecule has 2 aromatic rings. The van der Waals surface area contributed by atoms with Crippen LogP contribution in [0.15, 0.2) is 18.2 Å². The van der Waals surface area contributed by atoms with Crippen molar-refractivity contribution in [3.05, 3.63) is 39.9 Å². The second-order valence-corrected chi connectivity index (χ2v) is 7.35. The highest BCUT2D eigenvalue weighted by molar-refractivity contribution is 7.17. The van der Waals surface area contributed by atoms with Gasteiger partial charge in [-0.05, 0) is 26.3 Å². The Kier molecular flexibility index (Phi) is 4.41. The van der Waals surface area contributed by atoms with Crippen LogP contribution in [0.1, 0.15) is 33.4 Å². The lowest BCUT2D eigenvalue weighted by Gasteiger charge is -2.38. The number of carbonyl (C=O) groups excluding carboxylic acids is 2. The first-order valence-electron chi connectivity index (χ1n) is 7.96. The van der Waals surface area contributed by atoms with Gasteiger partial charge in [-0.15, -0.1) is 11.3 Å². The second kappa shape index (κ2) is 6.36. The number of thiazole rings is 1. The fourth-order valence-electron chi connectivity index (χ4n) is 2.85. The number of amides is 2. The van der Waals surface area contributed by atoms with E-state index in [0.29, 0.717) is 18.0 Å². The maximum atomic E-state index is 12.5. The van der Waals surface area contributed by atoms with Gasteiger partial charge in [-0.1, -0.05) is 23.8 Å². The second-order valence-electron chi connectivity index (χ2n) is 6.35. The van der Waals surface area contributed by atoms with Crippen LogP contribution in [0.3, 0.4) is 0 Å². The molecule has 1 N–H and O–H groups in total. The van der Waals surface area contributed by atoms with Crippen LogP contribution >= 0.6 is 11.3 Å². The van der Waals surface area contributed by atoms with Gasteiger partial charge in [0, 0.05) is 25.6 Å². The molecule has 0 saturated carbocycles. The van der Waals surface area contributed by atoms with Gasteiger partial charge in [0.2, 0.25) is 5.91 Å². The highest BCUT2D eigenvalue weighted by atomic mass is 32.1. The van der Waals surface area contributed by atoms with Crippen molar-refractivity contribution in [2.75, 3.05) is 13.1 Å². The molecular weight excluding hydrogens is 322 g/mol. The van der Waals surface area contributed by atoms with Crippen molar-refractivity contribution in [1.29, 1.82) is 0 Å². The minimum Gasteiger partial charge on any atom is -0.345 e. The lowest BCUT2D eigenvalue weighted by molar-refractivity contribution is -0.133. The van der Waals surface area contributed by atoms with Gasteiger partial charge in [0.15, 0.2) is 0 Å². The van der Waals surface area contributed by atoms with Gasteiger partial charge < -0.3 is 10.2 Å². The number of benzene rings is 1. The zero-order chi connectivity index (χ0) is 17.4. The monoisotopic (exact) mass is 343 g/mol. The Morgan fingerprint density at radius 2 is 1.96 bits per heavy atom. The number of nitrogens with one attached hydrogen (secondary N) is 1. The number of likely N-dealkylation sites (tertiary alicyclic amines) is 1. The summed E-state index contributed by atoms with van der Waals surface area (Å²) < 4.78 is 0. The lowest BCUT2D eigenvalue weighted by atomic mass is 10.1. The third-order valence-electron chi connectivity index (χ3n) is 4.28. The molecule has 1 aliphatic rings. The van der Waals surface area contributed by atoms with E-state index in [1.54, 1.807) is 11.8 Å². The van der Waals surface area contributed by atoms with Gasteiger partial charge >= 0.3 is 0 Å². The summed E-state index contributed by atoms with van der Waals surface area (Å²) >= 11 is 1.42. The molecule has 0 spiro atoms. The number of hydrogen-bond acceptors (Lipinski definition) is 4. The maximum Gasteiger partial charge on any atom is 0.263 e. The first-order valence-corrected chi connectivity index (χ1v) is 8.78. The van der Waals surface area contributed by atoms with Crippen LogP contribution in [0.4, 0.5) is 0 Å². The van der Waals surface area contributed by atoms with Crippen molar-refractivity contribution in [2.24, 2.45) is 0 Å². The van der Waals surface area contributed by atoms with Gasteiger partial charge in [-0.2, -0.15) is 0 Å². The van der Waals surface area contributed by atoms with Crippen molar-refractivity contribution in [2.45, 2.75) is 33.7 Å². The molecule has 1 aromatic heterocycles. The summed E-state index contributed by atoms with van der Waals surface area (Å²) in [7, 11) is 0. The topological polar surface area (TPSA) is 62.3 Å². The Balaban J connectivity index is 1.74. The van der Waals surface area contributed by atoms with E-state index in [-0.39, 0.29) is 17.9 Å². The molecule has 0 radical (unpaired) electrons. The number of rotatable bonds is 3. The molecule has 2 heterocycles. The number of aryl methyl sites for hydroxylation is 3. The van der Waals surface area contributed by atoms with E-state index in [1.165, 1.54) is 16.9 Å². The van der Waals surface area contributed by atoms with E-state index < -0.39 is 0 Å². The first kappa shape index (κ1) is 16.6. The van der Waals surface area contributed by atoms with Crippen molar-refractivity contribution < 1.29 is 9.59 Å². The molecule has 0 bridgehead atoms. The maximum absolute atomic E-state index is 12.5. The van der Waals surface area contributed by atoms with Crippen molar-refractivity contribution >= 4 is 23.2 Å². The summed E-state index contributed by atoms with van der Waals surface area (Å²) in [5, 5.41) is 3.85. The predicted molar refractivity (Wildman–Crippen MR) is 95.3 cm³/mol. The van der Waals surface area contributed by atoms with Gasteiger partial charge in [0.1, 0.15) is 9.88 Å². The summed E-state index contributed by atoms with van der Waals surface area (Å²) in [6, 6.07) is 6.27. The first-order chi connectivity index (χ1) is 11.3. The minimum absolute atomic E-state index is 0.0347. The molecule has 1 aromatic carbocycles. The smallest absolute Gasteiger partial charge is 0.263 e. The summed E-state index contributed by atoms with van der Waals surface area (Å²) in [5.74, 6) is -0.0548. The Morgan fingerprint density at radius 3 is 2.58 bits per heavy atom. The lowest BCUT2D eigenvalue weighted by Crippen LogP contribution is -2.60. The van der Waals surface area contributed by atoms with Crippen LogP contribution in [0.5, 0.6) is 0 Å². The molecule has 1 saturated heterocycles. The Labute approximate surface area is 145 Å². The molecule has 6 heteroatoms. The standard InChI is InChI=1S/C18H21N3O2S/c1-10-5-6-15(11(2)7-10)18-19-12(3)16(24-18)17(23)20-14-8-21(9-14)13(4)22/h5-7,14H,8-9H2,1-4H3,(H,20,23). The van der Waals surface area contributed by atoms with E-state index in [4.69, 9.17) is 0 Å². The van der Waals surface area contributed by atoms with E-state index in [9.17, 15) is 9.59 Å². The van der Waals surface area contributed by atoms with Crippen LogP contribution in [-0.2, 0) is 4.79 Å². The zero-order valence-corrected chi connectivity index (χ0v) is 15.2. The number of nitrogens with zero attached hydrogens (tertiary/aromatic N) is 2. The Morgan fingerprint density at radius 1 is 1.25 bits per heavy atom. The number of hydrogen-bond donors (Lipinski definition) is 1. The molecule has 2 amide bonds. The van der Waals surface area contributed by atoms with E-state index in [1.807, 2.05) is 6.92 Å². The fraction of sp³-hybridized carbons (Fsp3) is 0.389. The molecule has 0 unspecified atom stereocenters. The Bertz CT molecular complexity index is 807. The summed E-state index contributed by atoms with van der Waals surface area (Å²) in [4.78, 5) is 30.6. The third-order valence-corrected chi connectivity index (χ3v) is 5.47. The SMILES string of the molecule is CC(=O)N1CC(NC(=O)c2sc(-c3ccc(C)cc3C)nc2C)C1. The van der Waals surface area contributed by atoms with Crippen molar-refractivity contribution in [1.82, 2.24) is 15.2 Å². The average molecular weight is 343 g/mol. The molecule has 1 aliphatic heterocycles. The molecule has 5 nitrogen and oxygen atoms in total. The average Bonchev–Trinajstić information content (AvgIpc) is 2.83. The van der Waals surface area contributed by atoms with Crippen LogP contribution in [-0.4, -0.2) is 40.8 Å². The molecular formula is C18H21N3O2S. The quantitative estimate of drug-likeness (QED) is 0.932. The molecule has 3 rings (SSSR count). The summed E-state index contributed by atoms with van der Waals surface area (Å²) in [6.07, 6.45) is 0. The van der Waals surface area contributed by atoms with Gasteiger partial charge in [-0.25, -0.2) is 4.98 Å².